The SMILES string of the molecule is CO[C@@H]1CC=CC[C@@H]1[C@H]1CN(c2c(Cl)cccc2Cl)N=C1C. The fourth-order valence-corrected chi connectivity index (χ4v) is 4.04. The number of ether oxygens (including phenoxy) is 1. The van der Waals surface area contributed by atoms with E-state index in [1.807, 2.05) is 23.2 Å². The number of para-hydroxylation sites is 1. The highest BCUT2D eigenvalue weighted by Crippen LogP contribution is 2.39. The van der Waals surface area contributed by atoms with Crippen LogP contribution in [0.5, 0.6) is 0 Å². The fourth-order valence-electron chi connectivity index (χ4n) is 3.45. The largest absolute Gasteiger partial charge is 0.381 e. The minimum absolute atomic E-state index is 0.252. The summed E-state index contributed by atoms with van der Waals surface area (Å²) in [4.78, 5) is 0. The van der Waals surface area contributed by atoms with Gasteiger partial charge in [0.25, 0.3) is 0 Å². The summed E-state index contributed by atoms with van der Waals surface area (Å²) in [5.41, 5.74) is 1.92. The highest BCUT2D eigenvalue weighted by molar-refractivity contribution is 6.39. The first-order chi connectivity index (χ1) is 10.6. The molecule has 0 N–H and O–H groups in total. The van der Waals surface area contributed by atoms with E-state index in [0.717, 1.165) is 30.8 Å². The molecule has 0 fully saturated rings. The summed E-state index contributed by atoms with van der Waals surface area (Å²) in [7, 11) is 1.79. The topological polar surface area (TPSA) is 24.8 Å². The molecular formula is C17H20Cl2N2O. The van der Waals surface area contributed by atoms with Gasteiger partial charge in [-0.25, -0.2) is 0 Å². The molecule has 118 valence electrons. The van der Waals surface area contributed by atoms with Crippen LogP contribution >= 0.6 is 23.2 Å². The first kappa shape index (κ1) is 15.9. The lowest BCUT2D eigenvalue weighted by Crippen LogP contribution is -2.36. The number of hydrogen-bond acceptors (Lipinski definition) is 3. The third-order valence-electron chi connectivity index (χ3n) is 4.62. The third-order valence-corrected chi connectivity index (χ3v) is 5.23. The number of hydrazone groups is 1. The highest BCUT2D eigenvalue weighted by Gasteiger charge is 2.37. The normalized spacial score (nSPS) is 28.1. The Bertz CT molecular complexity index is 594. The molecule has 3 atom stereocenters. The van der Waals surface area contributed by atoms with E-state index < -0.39 is 0 Å². The molecule has 0 bridgehead atoms. The fraction of sp³-hybridized carbons (Fsp3) is 0.471. The molecular weight excluding hydrogens is 319 g/mol. The lowest BCUT2D eigenvalue weighted by Gasteiger charge is -2.32. The summed E-state index contributed by atoms with van der Waals surface area (Å²) < 4.78 is 5.68. The van der Waals surface area contributed by atoms with Crippen molar-refractivity contribution >= 4 is 34.6 Å². The predicted octanol–water partition coefficient (Wildman–Crippen LogP) is 4.79. The van der Waals surface area contributed by atoms with Gasteiger partial charge in [0.1, 0.15) is 0 Å². The van der Waals surface area contributed by atoms with Crippen LogP contribution < -0.4 is 5.01 Å². The summed E-state index contributed by atoms with van der Waals surface area (Å²) in [5.74, 6) is 0.812. The highest BCUT2D eigenvalue weighted by atomic mass is 35.5. The van der Waals surface area contributed by atoms with E-state index in [1.165, 1.54) is 0 Å². The van der Waals surface area contributed by atoms with Gasteiger partial charge in [-0.15, -0.1) is 0 Å². The molecule has 0 unspecified atom stereocenters. The number of nitrogens with zero attached hydrogens (tertiary/aromatic N) is 2. The van der Waals surface area contributed by atoms with Crippen molar-refractivity contribution in [1.82, 2.24) is 0 Å². The van der Waals surface area contributed by atoms with Gasteiger partial charge in [-0.3, -0.25) is 5.01 Å². The average Bonchev–Trinajstić information content (AvgIpc) is 2.88. The molecule has 1 aromatic carbocycles. The number of benzene rings is 1. The van der Waals surface area contributed by atoms with Crippen molar-refractivity contribution in [1.29, 1.82) is 0 Å². The van der Waals surface area contributed by atoms with Crippen LogP contribution in [0.3, 0.4) is 0 Å². The quantitative estimate of drug-likeness (QED) is 0.740. The molecule has 0 amide bonds. The lowest BCUT2D eigenvalue weighted by atomic mass is 9.79. The number of halogens is 2. The standard InChI is InChI=1S/C17H20Cl2N2O/c1-11-13(12-6-3-4-9-16(12)22-2)10-21(20-11)17-14(18)7-5-8-15(17)19/h3-5,7-8,12-13,16H,6,9-10H2,1-2H3/t12-,13+,16-/m1/s1. The van der Waals surface area contributed by atoms with Gasteiger partial charge in [-0.2, -0.15) is 5.10 Å². The van der Waals surface area contributed by atoms with Crippen LogP contribution in [0.4, 0.5) is 5.69 Å². The molecule has 3 rings (SSSR count). The molecule has 1 heterocycles. The van der Waals surface area contributed by atoms with E-state index in [4.69, 9.17) is 33.0 Å². The Morgan fingerprint density at radius 3 is 2.55 bits per heavy atom. The van der Waals surface area contributed by atoms with E-state index in [-0.39, 0.29) is 6.10 Å². The molecule has 22 heavy (non-hydrogen) atoms. The predicted molar refractivity (Wildman–Crippen MR) is 93.1 cm³/mol. The summed E-state index contributed by atoms with van der Waals surface area (Å²) in [6, 6.07) is 5.55. The Kier molecular flexibility index (Phi) is 4.76. The van der Waals surface area contributed by atoms with E-state index in [9.17, 15) is 0 Å². The first-order valence-electron chi connectivity index (χ1n) is 7.56. The number of anilines is 1. The smallest absolute Gasteiger partial charge is 0.0966 e. The van der Waals surface area contributed by atoms with Gasteiger partial charge in [0, 0.05) is 18.7 Å². The van der Waals surface area contributed by atoms with Crippen molar-refractivity contribution in [2.45, 2.75) is 25.9 Å². The summed E-state index contributed by atoms with van der Waals surface area (Å²) >= 11 is 12.6. The second kappa shape index (κ2) is 6.61. The van der Waals surface area contributed by atoms with Crippen LogP contribution in [0, 0.1) is 11.8 Å². The monoisotopic (exact) mass is 338 g/mol. The molecule has 0 saturated heterocycles. The summed E-state index contributed by atoms with van der Waals surface area (Å²) in [5, 5.41) is 7.92. The van der Waals surface area contributed by atoms with Crippen molar-refractivity contribution in [3.05, 3.63) is 40.4 Å². The van der Waals surface area contributed by atoms with Crippen molar-refractivity contribution in [2.75, 3.05) is 18.7 Å². The van der Waals surface area contributed by atoms with Crippen LogP contribution in [0.15, 0.2) is 35.5 Å². The van der Waals surface area contributed by atoms with Crippen molar-refractivity contribution < 1.29 is 4.74 Å². The average molecular weight is 339 g/mol. The van der Waals surface area contributed by atoms with Crippen molar-refractivity contribution in [3.63, 3.8) is 0 Å². The van der Waals surface area contributed by atoms with Crippen LogP contribution in [0.25, 0.3) is 0 Å². The van der Waals surface area contributed by atoms with Gasteiger partial charge >= 0.3 is 0 Å². The number of hydrogen-bond donors (Lipinski definition) is 0. The zero-order chi connectivity index (χ0) is 15.7. The van der Waals surface area contributed by atoms with Gasteiger partial charge in [-0.05, 0) is 37.8 Å². The number of allylic oxidation sites excluding steroid dienone is 1. The molecule has 2 aliphatic rings. The minimum Gasteiger partial charge on any atom is -0.381 e. The molecule has 5 heteroatoms. The minimum atomic E-state index is 0.252. The second-order valence-electron chi connectivity index (χ2n) is 5.88. The molecule has 1 aliphatic heterocycles. The van der Waals surface area contributed by atoms with E-state index in [0.29, 0.717) is 21.9 Å². The van der Waals surface area contributed by atoms with E-state index in [1.54, 1.807) is 7.11 Å². The molecule has 0 saturated carbocycles. The lowest BCUT2D eigenvalue weighted by molar-refractivity contribution is 0.0394. The zero-order valence-corrected chi connectivity index (χ0v) is 14.3. The first-order valence-corrected chi connectivity index (χ1v) is 8.32. The Morgan fingerprint density at radius 1 is 1.18 bits per heavy atom. The molecule has 0 radical (unpaired) electrons. The number of methoxy groups -OCH3 is 1. The van der Waals surface area contributed by atoms with E-state index in [2.05, 4.69) is 19.1 Å². The molecule has 3 nitrogen and oxygen atoms in total. The van der Waals surface area contributed by atoms with Crippen LogP contribution in [-0.2, 0) is 4.74 Å². The maximum absolute atomic E-state index is 6.32. The molecule has 0 spiro atoms. The van der Waals surface area contributed by atoms with Gasteiger partial charge < -0.3 is 4.74 Å². The summed E-state index contributed by atoms with van der Waals surface area (Å²) in [6.45, 7) is 2.88. The van der Waals surface area contributed by atoms with Gasteiger partial charge in [0.15, 0.2) is 0 Å². The maximum Gasteiger partial charge on any atom is 0.0966 e. The van der Waals surface area contributed by atoms with E-state index >= 15 is 0 Å². The molecule has 0 aromatic heterocycles. The molecule has 1 aliphatic carbocycles. The van der Waals surface area contributed by atoms with Crippen LogP contribution in [0.2, 0.25) is 10.0 Å². The van der Waals surface area contributed by atoms with Gasteiger partial charge in [0.2, 0.25) is 0 Å². The Balaban J connectivity index is 1.84. The van der Waals surface area contributed by atoms with Crippen LogP contribution in [-0.4, -0.2) is 25.5 Å². The van der Waals surface area contributed by atoms with Crippen LogP contribution in [0.1, 0.15) is 19.8 Å². The van der Waals surface area contributed by atoms with Crippen molar-refractivity contribution in [3.8, 4) is 0 Å². The Hall–Kier alpha value is -1.03. The van der Waals surface area contributed by atoms with Crippen molar-refractivity contribution in [2.24, 2.45) is 16.9 Å². The Morgan fingerprint density at radius 2 is 1.86 bits per heavy atom. The Labute approximate surface area is 141 Å². The van der Waals surface area contributed by atoms with Gasteiger partial charge in [-0.1, -0.05) is 41.4 Å². The summed E-state index contributed by atoms with van der Waals surface area (Å²) in [6.07, 6.45) is 6.70. The third kappa shape index (κ3) is 2.90. The number of rotatable bonds is 3. The maximum atomic E-state index is 6.32. The van der Waals surface area contributed by atoms with Gasteiger partial charge in [0.05, 0.1) is 28.4 Å². The zero-order valence-electron chi connectivity index (χ0n) is 12.8. The second-order valence-corrected chi connectivity index (χ2v) is 6.70. The molecule has 1 aromatic rings.